The third-order valence-electron chi connectivity index (χ3n) is 3.04. The van der Waals surface area contributed by atoms with Gasteiger partial charge >= 0.3 is 0 Å². The van der Waals surface area contributed by atoms with E-state index in [9.17, 15) is 0 Å². The lowest BCUT2D eigenvalue weighted by Gasteiger charge is -2.30. The minimum Gasteiger partial charge on any atom is -0.374 e. The van der Waals surface area contributed by atoms with Gasteiger partial charge in [0, 0.05) is 18.6 Å². The SMILES string of the molecule is CC(C)N1C[C@H](C)C[C@H]1COC(C)(C)C. The van der Waals surface area contributed by atoms with Crippen LogP contribution in [0, 0.1) is 5.92 Å². The molecule has 0 saturated carbocycles. The van der Waals surface area contributed by atoms with Crippen molar-refractivity contribution in [2.24, 2.45) is 5.92 Å². The Labute approximate surface area is 95.0 Å². The molecule has 2 atom stereocenters. The van der Waals surface area contributed by atoms with Gasteiger partial charge in [-0.25, -0.2) is 0 Å². The van der Waals surface area contributed by atoms with Crippen LogP contribution >= 0.6 is 0 Å². The van der Waals surface area contributed by atoms with Gasteiger partial charge in [-0.15, -0.1) is 0 Å². The zero-order chi connectivity index (χ0) is 11.6. The predicted molar refractivity (Wildman–Crippen MR) is 65.1 cm³/mol. The summed E-state index contributed by atoms with van der Waals surface area (Å²) in [5.74, 6) is 0.820. The first-order valence-electron chi connectivity index (χ1n) is 6.19. The highest BCUT2D eigenvalue weighted by atomic mass is 16.5. The second-order valence-corrected chi connectivity index (χ2v) is 6.21. The fraction of sp³-hybridized carbons (Fsp3) is 1.00. The zero-order valence-electron chi connectivity index (χ0n) is 11.2. The van der Waals surface area contributed by atoms with Crippen LogP contribution in [0.25, 0.3) is 0 Å². The lowest BCUT2D eigenvalue weighted by molar-refractivity contribution is -0.0320. The molecule has 0 aliphatic carbocycles. The lowest BCUT2D eigenvalue weighted by Crippen LogP contribution is -2.40. The maximum absolute atomic E-state index is 5.90. The summed E-state index contributed by atoms with van der Waals surface area (Å²) < 4.78 is 5.90. The molecule has 90 valence electrons. The summed E-state index contributed by atoms with van der Waals surface area (Å²) in [5, 5.41) is 0. The van der Waals surface area contributed by atoms with Crippen LogP contribution in [-0.4, -0.2) is 35.7 Å². The Bertz CT molecular complexity index is 195. The van der Waals surface area contributed by atoms with Crippen LogP contribution in [0.15, 0.2) is 0 Å². The van der Waals surface area contributed by atoms with Gasteiger partial charge in [0.2, 0.25) is 0 Å². The number of ether oxygens (including phenoxy) is 1. The highest BCUT2D eigenvalue weighted by Crippen LogP contribution is 2.26. The van der Waals surface area contributed by atoms with Gasteiger partial charge in [0.25, 0.3) is 0 Å². The molecule has 0 spiro atoms. The van der Waals surface area contributed by atoms with E-state index in [1.165, 1.54) is 13.0 Å². The standard InChI is InChI=1S/C13H27NO/c1-10(2)14-8-11(3)7-12(14)9-15-13(4,5)6/h10-12H,7-9H2,1-6H3/t11-,12+/m1/s1. The van der Waals surface area contributed by atoms with Crippen LogP contribution < -0.4 is 0 Å². The number of rotatable bonds is 3. The van der Waals surface area contributed by atoms with Gasteiger partial charge in [0.1, 0.15) is 0 Å². The summed E-state index contributed by atoms with van der Waals surface area (Å²) >= 11 is 0. The molecule has 1 rings (SSSR count). The zero-order valence-corrected chi connectivity index (χ0v) is 11.2. The number of hydrogen-bond donors (Lipinski definition) is 0. The average molecular weight is 213 g/mol. The van der Waals surface area contributed by atoms with Gasteiger partial charge in [0.05, 0.1) is 12.2 Å². The quantitative estimate of drug-likeness (QED) is 0.714. The van der Waals surface area contributed by atoms with E-state index in [0.29, 0.717) is 12.1 Å². The van der Waals surface area contributed by atoms with E-state index in [-0.39, 0.29) is 5.60 Å². The molecule has 2 nitrogen and oxygen atoms in total. The summed E-state index contributed by atoms with van der Waals surface area (Å²) in [4.78, 5) is 2.58. The van der Waals surface area contributed by atoms with E-state index in [1.807, 2.05) is 0 Å². The van der Waals surface area contributed by atoms with Gasteiger partial charge in [0.15, 0.2) is 0 Å². The molecule has 0 unspecified atom stereocenters. The van der Waals surface area contributed by atoms with Crippen molar-refractivity contribution >= 4 is 0 Å². The van der Waals surface area contributed by atoms with Crippen molar-refractivity contribution in [2.75, 3.05) is 13.2 Å². The smallest absolute Gasteiger partial charge is 0.0629 e. The second-order valence-electron chi connectivity index (χ2n) is 6.21. The Hall–Kier alpha value is -0.0800. The maximum Gasteiger partial charge on any atom is 0.0629 e. The number of likely N-dealkylation sites (tertiary alicyclic amines) is 1. The summed E-state index contributed by atoms with van der Waals surface area (Å²) in [6.07, 6.45) is 1.29. The first-order valence-corrected chi connectivity index (χ1v) is 6.19. The molecule has 0 bridgehead atoms. The van der Waals surface area contributed by atoms with Crippen LogP contribution in [0.4, 0.5) is 0 Å². The van der Waals surface area contributed by atoms with E-state index >= 15 is 0 Å². The third kappa shape index (κ3) is 4.12. The van der Waals surface area contributed by atoms with Crippen molar-refractivity contribution < 1.29 is 4.74 Å². The fourth-order valence-corrected chi connectivity index (χ4v) is 2.33. The molecule has 0 amide bonds. The Morgan fingerprint density at radius 2 is 1.93 bits per heavy atom. The van der Waals surface area contributed by atoms with E-state index < -0.39 is 0 Å². The van der Waals surface area contributed by atoms with Crippen molar-refractivity contribution in [2.45, 2.75) is 65.6 Å². The van der Waals surface area contributed by atoms with E-state index in [2.05, 4.69) is 46.4 Å². The average Bonchev–Trinajstić information content (AvgIpc) is 2.42. The predicted octanol–water partition coefficient (Wildman–Crippen LogP) is 2.92. The Morgan fingerprint density at radius 1 is 1.33 bits per heavy atom. The van der Waals surface area contributed by atoms with Crippen molar-refractivity contribution in [3.05, 3.63) is 0 Å². The van der Waals surface area contributed by atoms with E-state index in [1.54, 1.807) is 0 Å². The maximum atomic E-state index is 5.90. The molecule has 0 aromatic carbocycles. The summed E-state index contributed by atoms with van der Waals surface area (Å²) in [6, 6.07) is 1.27. The number of hydrogen-bond acceptors (Lipinski definition) is 2. The molecule has 0 aromatic heterocycles. The van der Waals surface area contributed by atoms with Crippen LogP contribution in [0.3, 0.4) is 0 Å². The number of nitrogens with zero attached hydrogens (tertiary/aromatic N) is 1. The van der Waals surface area contributed by atoms with Crippen molar-refractivity contribution in [1.82, 2.24) is 4.90 Å². The molecule has 0 N–H and O–H groups in total. The minimum absolute atomic E-state index is 0.00548. The molecular weight excluding hydrogens is 186 g/mol. The van der Waals surface area contributed by atoms with Crippen LogP contribution in [0.1, 0.15) is 48.0 Å². The van der Waals surface area contributed by atoms with Crippen LogP contribution in [-0.2, 0) is 4.74 Å². The molecular formula is C13H27NO. The van der Waals surface area contributed by atoms with Crippen molar-refractivity contribution in [3.63, 3.8) is 0 Å². The molecule has 0 aromatic rings. The first-order chi connectivity index (χ1) is 6.79. The fourth-order valence-electron chi connectivity index (χ4n) is 2.33. The molecule has 1 heterocycles. The second kappa shape index (κ2) is 4.84. The molecule has 1 saturated heterocycles. The lowest BCUT2D eigenvalue weighted by atomic mass is 10.1. The van der Waals surface area contributed by atoms with Crippen molar-refractivity contribution in [1.29, 1.82) is 0 Å². The van der Waals surface area contributed by atoms with Crippen LogP contribution in [0.5, 0.6) is 0 Å². The third-order valence-corrected chi connectivity index (χ3v) is 3.04. The summed E-state index contributed by atoms with van der Waals surface area (Å²) in [7, 11) is 0. The summed E-state index contributed by atoms with van der Waals surface area (Å²) in [5.41, 5.74) is -0.00548. The summed E-state index contributed by atoms with van der Waals surface area (Å²) in [6.45, 7) is 15.4. The highest BCUT2D eigenvalue weighted by molar-refractivity contribution is 4.85. The minimum atomic E-state index is -0.00548. The molecule has 1 aliphatic heterocycles. The Morgan fingerprint density at radius 3 is 2.40 bits per heavy atom. The van der Waals surface area contributed by atoms with Crippen LogP contribution in [0.2, 0.25) is 0 Å². The van der Waals surface area contributed by atoms with Gasteiger partial charge in [-0.05, 0) is 47.0 Å². The van der Waals surface area contributed by atoms with Gasteiger partial charge in [-0.1, -0.05) is 6.92 Å². The topological polar surface area (TPSA) is 12.5 Å². The van der Waals surface area contributed by atoms with E-state index in [4.69, 9.17) is 4.74 Å². The molecule has 2 heteroatoms. The first kappa shape index (κ1) is 13.0. The normalized spacial score (nSPS) is 29.0. The highest BCUT2D eigenvalue weighted by Gasteiger charge is 2.32. The monoisotopic (exact) mass is 213 g/mol. The molecule has 1 aliphatic rings. The van der Waals surface area contributed by atoms with Gasteiger partial charge in [-0.2, -0.15) is 0 Å². The van der Waals surface area contributed by atoms with E-state index in [0.717, 1.165) is 12.5 Å². The Kier molecular flexibility index (Phi) is 4.19. The van der Waals surface area contributed by atoms with Gasteiger partial charge in [-0.3, -0.25) is 4.90 Å². The molecule has 15 heavy (non-hydrogen) atoms. The molecule has 1 fully saturated rings. The van der Waals surface area contributed by atoms with Crippen molar-refractivity contribution in [3.8, 4) is 0 Å². The van der Waals surface area contributed by atoms with Gasteiger partial charge < -0.3 is 4.74 Å². The largest absolute Gasteiger partial charge is 0.374 e. The molecule has 0 radical (unpaired) electrons. The Balaban J connectivity index is 2.46.